The number of methoxy groups -OCH3 is 1. The van der Waals surface area contributed by atoms with Crippen LogP contribution in [0.4, 0.5) is 0 Å². The monoisotopic (exact) mass is 480 g/mol. The number of fused-ring (bicyclic) bond motifs is 6. The maximum atomic E-state index is 12.4. The van der Waals surface area contributed by atoms with Gasteiger partial charge in [0.05, 0.1) is 30.7 Å². The second-order valence-corrected chi connectivity index (χ2v) is 9.35. The van der Waals surface area contributed by atoms with E-state index in [-0.39, 0.29) is 17.1 Å². The van der Waals surface area contributed by atoms with Crippen molar-refractivity contribution in [3.05, 3.63) is 69.5 Å². The van der Waals surface area contributed by atoms with E-state index in [1.165, 1.54) is 18.0 Å². The number of carboxylic acid groups (broad SMARTS) is 1. The summed E-state index contributed by atoms with van der Waals surface area (Å²) in [4.78, 5) is 27.8. The van der Waals surface area contributed by atoms with Crippen molar-refractivity contribution in [2.24, 2.45) is 7.05 Å². The molecule has 0 aliphatic carbocycles. The number of carboxylic acids is 1. The van der Waals surface area contributed by atoms with Crippen LogP contribution in [0.2, 0.25) is 0 Å². The Morgan fingerprint density at radius 1 is 1.20 bits per heavy atom. The van der Waals surface area contributed by atoms with Gasteiger partial charge in [-0.3, -0.25) is 14.5 Å². The number of aromatic carboxylic acids is 1. The van der Waals surface area contributed by atoms with Gasteiger partial charge in [-0.25, -0.2) is 9.78 Å². The standard InChI is InChI=1S/C20H22N2O4.C5H8N2.C2H6/c1-11-7-12-13(8-18(11)26-4)16-9-17(23)14(19(24)25)10-21(16)22-15(12)5-6-20(22,2)3;1-5-3-6-4-7(5)2;1-2/h7-10,15H,5-6H2,1-4H3,(H,24,25);3-4H,1-2H3;1-2H3/t15-;;/m1../s1. The van der Waals surface area contributed by atoms with Crippen LogP contribution in [0.25, 0.3) is 11.3 Å². The van der Waals surface area contributed by atoms with Gasteiger partial charge in [-0.15, -0.1) is 0 Å². The van der Waals surface area contributed by atoms with Gasteiger partial charge in [0.15, 0.2) is 5.43 Å². The molecule has 1 N–H and O–H groups in total. The number of imidazole rings is 1. The number of aromatic nitrogens is 3. The zero-order chi connectivity index (χ0) is 26.1. The summed E-state index contributed by atoms with van der Waals surface area (Å²) in [5.41, 5.74) is 4.21. The molecule has 0 saturated carbocycles. The second-order valence-electron chi connectivity index (χ2n) is 9.35. The average Bonchev–Trinajstić information content (AvgIpc) is 3.35. The summed E-state index contributed by atoms with van der Waals surface area (Å²) in [6.07, 6.45) is 7.04. The van der Waals surface area contributed by atoms with E-state index in [4.69, 9.17) is 4.74 Å². The molecule has 4 heterocycles. The molecule has 0 amide bonds. The predicted molar refractivity (Wildman–Crippen MR) is 138 cm³/mol. The molecular formula is C27H36N4O4. The highest BCUT2D eigenvalue weighted by Gasteiger charge is 2.45. The number of nitrogens with zero attached hydrogens (tertiary/aromatic N) is 4. The largest absolute Gasteiger partial charge is 0.496 e. The van der Waals surface area contributed by atoms with Crippen molar-refractivity contribution >= 4 is 5.97 Å². The Kier molecular flexibility index (Phi) is 7.43. The summed E-state index contributed by atoms with van der Waals surface area (Å²) in [7, 11) is 3.60. The van der Waals surface area contributed by atoms with Crippen molar-refractivity contribution in [3.8, 4) is 17.0 Å². The van der Waals surface area contributed by atoms with Gasteiger partial charge in [0, 0.05) is 36.8 Å². The number of benzene rings is 1. The van der Waals surface area contributed by atoms with Crippen molar-refractivity contribution in [2.45, 2.75) is 66.0 Å². The highest BCUT2D eigenvalue weighted by atomic mass is 16.5. The van der Waals surface area contributed by atoms with Gasteiger partial charge in [0.1, 0.15) is 11.3 Å². The smallest absolute Gasteiger partial charge is 0.341 e. The lowest BCUT2D eigenvalue weighted by Crippen LogP contribution is -2.50. The Balaban J connectivity index is 0.000000324. The van der Waals surface area contributed by atoms with Crippen LogP contribution in [-0.2, 0) is 7.05 Å². The minimum atomic E-state index is -1.20. The molecule has 2 aliphatic heterocycles. The van der Waals surface area contributed by atoms with Gasteiger partial charge in [-0.05, 0) is 63.8 Å². The van der Waals surface area contributed by atoms with Crippen molar-refractivity contribution in [1.82, 2.24) is 14.2 Å². The number of hydrogen-bond donors (Lipinski definition) is 1. The van der Waals surface area contributed by atoms with Gasteiger partial charge in [-0.1, -0.05) is 13.8 Å². The Hall–Kier alpha value is -3.55. The Bertz CT molecular complexity index is 1270. The fourth-order valence-electron chi connectivity index (χ4n) is 4.79. The Morgan fingerprint density at radius 3 is 2.40 bits per heavy atom. The molecule has 188 valence electrons. The molecule has 1 atom stereocenters. The fourth-order valence-corrected chi connectivity index (χ4v) is 4.79. The van der Waals surface area contributed by atoms with Gasteiger partial charge in [0.2, 0.25) is 0 Å². The Labute approximate surface area is 206 Å². The summed E-state index contributed by atoms with van der Waals surface area (Å²) in [5.74, 6) is -0.443. The molecule has 8 nitrogen and oxygen atoms in total. The van der Waals surface area contributed by atoms with Crippen molar-refractivity contribution in [1.29, 1.82) is 0 Å². The SMILES string of the molecule is CC.COc1cc2c(cc1C)[C@H]1CCC(C)(C)N1n1cc(C(=O)O)c(=O)cc1-2.Cc1cncn1C. The first-order valence-electron chi connectivity index (χ1n) is 12.0. The van der Waals surface area contributed by atoms with E-state index in [2.05, 4.69) is 29.9 Å². The molecule has 1 saturated heterocycles. The van der Waals surface area contributed by atoms with Crippen LogP contribution < -0.4 is 15.2 Å². The molecule has 2 aromatic heterocycles. The van der Waals surface area contributed by atoms with Crippen molar-refractivity contribution in [3.63, 3.8) is 0 Å². The quantitative estimate of drug-likeness (QED) is 0.564. The van der Waals surface area contributed by atoms with Crippen LogP contribution in [0.15, 0.2) is 41.7 Å². The summed E-state index contributed by atoms with van der Waals surface area (Å²) < 4.78 is 9.31. The first-order valence-corrected chi connectivity index (χ1v) is 12.0. The normalized spacial score (nSPS) is 16.6. The summed E-state index contributed by atoms with van der Waals surface area (Å²) in [6.45, 7) is 12.3. The number of hydrogen-bond acceptors (Lipinski definition) is 5. The third kappa shape index (κ3) is 4.70. The van der Waals surface area contributed by atoms with Crippen LogP contribution in [0, 0.1) is 13.8 Å². The Morgan fingerprint density at radius 2 is 1.89 bits per heavy atom. The number of pyridine rings is 1. The molecule has 0 bridgehead atoms. The third-order valence-electron chi connectivity index (χ3n) is 6.70. The molecular weight excluding hydrogens is 444 g/mol. The van der Waals surface area contributed by atoms with Gasteiger partial charge < -0.3 is 14.4 Å². The third-order valence-corrected chi connectivity index (χ3v) is 6.70. The highest BCUT2D eigenvalue weighted by molar-refractivity contribution is 5.88. The maximum absolute atomic E-state index is 12.4. The van der Waals surface area contributed by atoms with E-state index >= 15 is 0 Å². The lowest BCUT2D eigenvalue weighted by Gasteiger charge is -2.44. The molecule has 0 radical (unpaired) electrons. The van der Waals surface area contributed by atoms with Crippen LogP contribution in [-0.4, -0.2) is 38.0 Å². The lowest BCUT2D eigenvalue weighted by atomic mass is 9.92. The first-order chi connectivity index (χ1) is 16.5. The minimum Gasteiger partial charge on any atom is -0.496 e. The van der Waals surface area contributed by atoms with Gasteiger partial charge in [0.25, 0.3) is 0 Å². The van der Waals surface area contributed by atoms with Crippen molar-refractivity contribution < 1.29 is 14.6 Å². The minimum absolute atomic E-state index is 0.140. The van der Waals surface area contributed by atoms with Gasteiger partial charge >= 0.3 is 5.97 Å². The molecule has 1 aromatic carbocycles. The number of aryl methyl sites for hydroxylation is 3. The van der Waals surface area contributed by atoms with E-state index in [9.17, 15) is 14.7 Å². The van der Waals surface area contributed by atoms with E-state index in [0.29, 0.717) is 5.69 Å². The van der Waals surface area contributed by atoms with Crippen LogP contribution in [0.3, 0.4) is 0 Å². The number of carbonyl (C=O) groups is 1. The molecule has 1 fully saturated rings. The van der Waals surface area contributed by atoms with Crippen LogP contribution in [0.1, 0.15) is 73.8 Å². The summed E-state index contributed by atoms with van der Waals surface area (Å²) >= 11 is 0. The number of ether oxygens (including phenoxy) is 1. The zero-order valence-corrected chi connectivity index (χ0v) is 21.9. The molecule has 35 heavy (non-hydrogen) atoms. The van der Waals surface area contributed by atoms with E-state index in [1.807, 2.05) is 56.2 Å². The molecule has 3 aromatic rings. The van der Waals surface area contributed by atoms with Crippen molar-refractivity contribution in [2.75, 3.05) is 12.1 Å². The summed E-state index contributed by atoms with van der Waals surface area (Å²) in [5, 5.41) is 11.6. The highest BCUT2D eigenvalue weighted by Crippen LogP contribution is 2.49. The predicted octanol–water partition coefficient (Wildman–Crippen LogP) is 4.85. The molecule has 0 unspecified atom stereocenters. The van der Waals surface area contributed by atoms with Gasteiger partial charge in [-0.2, -0.15) is 0 Å². The topological polar surface area (TPSA) is 89.6 Å². The van der Waals surface area contributed by atoms with Crippen LogP contribution in [0.5, 0.6) is 5.75 Å². The van der Waals surface area contributed by atoms with E-state index in [1.54, 1.807) is 13.4 Å². The fraction of sp³-hybridized carbons (Fsp3) is 0.444. The molecule has 0 spiro atoms. The van der Waals surface area contributed by atoms with E-state index in [0.717, 1.165) is 35.3 Å². The number of rotatable bonds is 2. The molecule has 2 aliphatic rings. The summed E-state index contributed by atoms with van der Waals surface area (Å²) in [6, 6.07) is 5.66. The molecule has 5 rings (SSSR count). The zero-order valence-electron chi connectivity index (χ0n) is 21.9. The maximum Gasteiger partial charge on any atom is 0.341 e. The van der Waals surface area contributed by atoms with E-state index < -0.39 is 11.4 Å². The second kappa shape index (κ2) is 9.98. The first kappa shape index (κ1) is 26.1. The average molecular weight is 481 g/mol. The van der Waals surface area contributed by atoms with Crippen LogP contribution >= 0.6 is 0 Å². The molecule has 8 heteroatoms. The lowest BCUT2D eigenvalue weighted by molar-refractivity contribution is 0.0694.